The molecule has 3 unspecified atom stereocenters. The van der Waals surface area contributed by atoms with Gasteiger partial charge < -0.3 is 10.0 Å². The summed E-state index contributed by atoms with van der Waals surface area (Å²) in [4.78, 5) is 13.9. The van der Waals surface area contributed by atoms with Gasteiger partial charge >= 0.3 is 0 Å². The fourth-order valence-corrected chi connectivity index (χ4v) is 9.82. The van der Waals surface area contributed by atoms with Crippen molar-refractivity contribution >= 4 is 39.0 Å². The average molecular weight is 543 g/mol. The van der Waals surface area contributed by atoms with Crippen LogP contribution in [0.1, 0.15) is 103 Å². The van der Waals surface area contributed by atoms with Gasteiger partial charge in [-0.2, -0.15) is 4.08 Å². The first kappa shape index (κ1) is 29.0. The minimum absolute atomic E-state index is 0.0266. The molecule has 1 N–H and O–H groups in total. The van der Waals surface area contributed by atoms with E-state index < -0.39 is 16.1 Å². The number of hydrogen-bond donors (Lipinski definition) is 1. The number of hydrogen-bond acceptors (Lipinski definition) is 4. The van der Waals surface area contributed by atoms with Crippen LogP contribution in [0.5, 0.6) is 0 Å². The molecule has 3 atom stereocenters. The van der Waals surface area contributed by atoms with Crippen LogP contribution in [0.4, 0.5) is 5.69 Å². The molecular weight excluding hydrogens is 498 g/mol. The summed E-state index contributed by atoms with van der Waals surface area (Å²) in [5.41, 5.74) is 0.634. The van der Waals surface area contributed by atoms with Gasteiger partial charge in [0.25, 0.3) is 5.91 Å². The van der Waals surface area contributed by atoms with Crippen molar-refractivity contribution in [2.45, 2.75) is 120 Å². The lowest BCUT2D eigenvalue weighted by Crippen LogP contribution is -2.33. The Morgan fingerprint density at radius 3 is 1.66 bits per heavy atom. The third kappa shape index (κ3) is 8.47. The highest BCUT2D eigenvalue weighted by Crippen LogP contribution is 2.39. The van der Waals surface area contributed by atoms with Crippen molar-refractivity contribution in [3.8, 4) is 0 Å². The van der Waals surface area contributed by atoms with Crippen LogP contribution < -0.4 is 4.90 Å². The van der Waals surface area contributed by atoms with Crippen molar-refractivity contribution in [3.05, 3.63) is 24.3 Å². The lowest BCUT2D eigenvalue weighted by Gasteiger charge is -2.30. The second kappa shape index (κ2) is 15.0. The van der Waals surface area contributed by atoms with E-state index in [1.807, 2.05) is 0 Å². The maximum Gasteiger partial charge on any atom is 0.255 e. The summed E-state index contributed by atoms with van der Waals surface area (Å²) >= 11 is 0. The molecule has 1 amide bonds. The van der Waals surface area contributed by atoms with Gasteiger partial charge in [-0.15, -0.1) is 0 Å². The van der Waals surface area contributed by atoms with Gasteiger partial charge in [0.05, 0.1) is 4.90 Å². The van der Waals surface area contributed by atoms with Gasteiger partial charge in [0.1, 0.15) is 6.10 Å². The molecule has 198 valence electrons. The van der Waals surface area contributed by atoms with E-state index in [0.29, 0.717) is 18.7 Å². The Balaban J connectivity index is 1.69. The predicted molar refractivity (Wildman–Crippen MR) is 150 cm³/mol. The number of sulfonamides is 1. The van der Waals surface area contributed by atoms with Crippen LogP contribution >= 0.6 is 17.3 Å². The smallest absolute Gasteiger partial charge is 0.255 e. The molecule has 9 heteroatoms. The Bertz CT molecular complexity index is 866. The molecule has 35 heavy (non-hydrogen) atoms. The molecule has 1 aliphatic carbocycles. The molecule has 1 heterocycles. The quantitative estimate of drug-likeness (QED) is 0.437. The number of carbonyl (C=O) groups is 1. The molecule has 1 aliphatic heterocycles. The Morgan fingerprint density at radius 2 is 1.26 bits per heavy atom. The summed E-state index contributed by atoms with van der Waals surface area (Å²) in [7, 11) is -0.880. The van der Waals surface area contributed by atoms with Gasteiger partial charge in [0, 0.05) is 24.7 Å². The van der Waals surface area contributed by atoms with Crippen molar-refractivity contribution < 1.29 is 18.3 Å². The van der Waals surface area contributed by atoms with E-state index in [2.05, 4.69) is 8.93 Å². The topological polar surface area (TPSA) is 77.9 Å². The van der Waals surface area contributed by atoms with E-state index in [4.69, 9.17) is 0 Å². The molecule has 0 bridgehead atoms. The van der Waals surface area contributed by atoms with Crippen LogP contribution in [0, 0.1) is 0 Å². The highest BCUT2D eigenvalue weighted by Gasteiger charge is 2.32. The summed E-state index contributed by atoms with van der Waals surface area (Å²) in [5.74, 6) is -0.320. The second-order valence-electron chi connectivity index (χ2n) is 10.0. The maximum absolute atomic E-state index is 13.7. The average Bonchev–Trinajstić information content (AvgIpc) is 3.18. The number of nitrogens with zero attached hydrogens (tertiary/aromatic N) is 2. The molecule has 6 nitrogen and oxygen atoms in total. The molecule has 3 rings (SSSR count). The van der Waals surface area contributed by atoms with Crippen LogP contribution in [0.15, 0.2) is 29.2 Å². The van der Waals surface area contributed by atoms with Crippen molar-refractivity contribution in [1.29, 1.82) is 0 Å². The zero-order valence-corrected chi connectivity index (χ0v) is 24.0. The van der Waals surface area contributed by atoms with Gasteiger partial charge in [0.15, 0.2) is 0 Å². The number of carbonyl (C=O) groups excluding carboxylic acids is 1. The Kier molecular flexibility index (Phi) is 12.4. The molecule has 2 aliphatic rings. The molecule has 1 aromatic carbocycles. The molecule has 1 saturated heterocycles. The number of anilines is 1. The van der Waals surface area contributed by atoms with Crippen molar-refractivity contribution in [2.75, 3.05) is 11.4 Å². The Labute approximate surface area is 216 Å². The monoisotopic (exact) mass is 542 g/mol. The van der Waals surface area contributed by atoms with Crippen LogP contribution in [-0.2, 0) is 14.8 Å². The first-order valence-electron chi connectivity index (χ1n) is 13.6. The summed E-state index contributed by atoms with van der Waals surface area (Å²) in [6, 6.07) is 6.61. The summed E-state index contributed by atoms with van der Waals surface area (Å²) < 4.78 is 29.0. The molecule has 1 aromatic rings. The van der Waals surface area contributed by atoms with Gasteiger partial charge in [-0.3, -0.25) is 4.79 Å². The van der Waals surface area contributed by atoms with E-state index in [1.165, 1.54) is 75.5 Å². The number of benzene rings is 1. The first-order chi connectivity index (χ1) is 16.9. The largest absolute Gasteiger partial charge is 0.383 e. The fourth-order valence-electron chi connectivity index (χ4n) is 5.29. The van der Waals surface area contributed by atoms with Gasteiger partial charge in [-0.1, -0.05) is 92.4 Å². The normalized spacial score (nSPS) is 23.5. The molecule has 0 radical (unpaired) electrons. The van der Waals surface area contributed by atoms with Gasteiger partial charge in [0.2, 0.25) is 10.0 Å². The number of aliphatic hydroxyl groups is 1. The number of aliphatic hydroxyl groups excluding tert-OH is 1. The molecule has 2 fully saturated rings. The Hall–Kier alpha value is -0.580. The van der Waals surface area contributed by atoms with Crippen LogP contribution in [-0.4, -0.2) is 42.2 Å². The van der Waals surface area contributed by atoms with Gasteiger partial charge in [-0.25, -0.2) is 8.42 Å². The number of amides is 1. The zero-order chi connectivity index (χ0) is 25.1. The number of rotatable bonds is 5. The molecule has 1 saturated carbocycles. The second-order valence-corrected chi connectivity index (χ2v) is 13.7. The standard InChI is InChI=1S/C26H44N2O4P2S/c29-25-20-21-27(26(25)30)22-16-18-24(19-17-22)35(31,32)28(34-33)23-14-12-10-8-6-4-2-1-3-5-7-9-11-13-15-23/h16-19,23,25,29,34H,1-15,20-21,33H2. The lowest BCUT2D eigenvalue weighted by molar-refractivity contribution is -0.123. The van der Waals surface area contributed by atoms with Crippen molar-refractivity contribution in [2.24, 2.45) is 0 Å². The van der Waals surface area contributed by atoms with Crippen molar-refractivity contribution in [3.63, 3.8) is 0 Å². The third-order valence-corrected chi connectivity index (χ3v) is 12.2. The van der Waals surface area contributed by atoms with Crippen molar-refractivity contribution in [1.82, 2.24) is 4.08 Å². The highest BCUT2D eigenvalue weighted by atomic mass is 32.2. The van der Waals surface area contributed by atoms with Crippen LogP contribution in [0.3, 0.4) is 0 Å². The highest BCUT2D eigenvalue weighted by molar-refractivity contribution is 8.08. The van der Waals surface area contributed by atoms with Gasteiger partial charge in [-0.05, 0) is 45.5 Å². The fraction of sp³-hybridized carbons (Fsp3) is 0.731. The molecule has 0 aromatic heterocycles. The van der Waals surface area contributed by atoms with E-state index in [0.717, 1.165) is 25.7 Å². The SMILES string of the molecule is O=C1C(O)CCN1c1ccc(S(=O)(=O)N(PP)C2CCCCCCCCCCCCCCC2)cc1. The zero-order valence-electron chi connectivity index (χ0n) is 21.0. The first-order valence-corrected chi connectivity index (χ1v) is 17.7. The summed E-state index contributed by atoms with van der Waals surface area (Å²) in [5, 5.41) is 9.74. The third-order valence-electron chi connectivity index (χ3n) is 7.42. The minimum Gasteiger partial charge on any atom is -0.383 e. The van der Waals surface area contributed by atoms with Crippen LogP contribution in [0.2, 0.25) is 0 Å². The predicted octanol–water partition coefficient (Wildman–Crippen LogP) is 6.39. The molecular formula is C26H44N2O4P2S. The summed E-state index contributed by atoms with van der Waals surface area (Å²) in [6.07, 6.45) is 17.6. The van der Waals surface area contributed by atoms with Crippen LogP contribution in [0.25, 0.3) is 0 Å². The van der Waals surface area contributed by atoms with E-state index in [-0.39, 0.29) is 25.3 Å². The lowest BCUT2D eigenvalue weighted by atomic mass is 9.99. The van der Waals surface area contributed by atoms with E-state index in [9.17, 15) is 18.3 Å². The minimum atomic E-state index is -3.63. The van der Waals surface area contributed by atoms with E-state index in [1.54, 1.807) is 28.3 Å². The van der Waals surface area contributed by atoms with E-state index >= 15 is 0 Å². The molecule has 0 spiro atoms. The maximum atomic E-state index is 13.7. The Morgan fingerprint density at radius 1 is 0.800 bits per heavy atom. The summed E-state index contributed by atoms with van der Waals surface area (Å²) in [6.45, 7) is 0.452.